The van der Waals surface area contributed by atoms with Gasteiger partial charge in [-0.2, -0.15) is 13.2 Å². The van der Waals surface area contributed by atoms with Crippen molar-refractivity contribution in [3.05, 3.63) is 62.7 Å². The molecule has 0 bridgehead atoms. The molecule has 13 heteroatoms. The fourth-order valence-corrected chi connectivity index (χ4v) is 4.12. The molecule has 2 heterocycles. The zero-order valence-electron chi connectivity index (χ0n) is 15.3. The number of benzene rings is 1. The second kappa shape index (κ2) is 9.14. The number of thiophene rings is 1. The van der Waals surface area contributed by atoms with E-state index in [0.717, 1.165) is 24.5 Å². The number of alkyl halides is 3. The first-order valence-corrected chi connectivity index (χ1v) is 10.1. The predicted octanol–water partition coefficient (Wildman–Crippen LogP) is 5.01. The smallest absolute Gasteiger partial charge is 0.409 e. The number of oxime groups is 1. The quantitative estimate of drug-likeness (QED) is 0.139. The van der Waals surface area contributed by atoms with Crippen LogP contribution in [0.5, 0.6) is 0 Å². The third-order valence-electron chi connectivity index (χ3n) is 4.08. The van der Waals surface area contributed by atoms with Gasteiger partial charge in [0.1, 0.15) is 23.8 Å². The Hall–Kier alpha value is -2.80. The molecule has 0 aliphatic heterocycles. The van der Waals surface area contributed by atoms with Crippen LogP contribution in [0.1, 0.15) is 16.0 Å². The average Bonchev–Trinajstić information content (AvgIpc) is 3.16. The van der Waals surface area contributed by atoms with Crippen LogP contribution in [-0.4, -0.2) is 27.6 Å². The SMILES string of the molecule is N/C(=N\O)c1sc(-c2cc(NCCc3c(F)cc(Br)cc3F)ncn2)cc1C(F)(F)F. The number of hydrogen-bond donors (Lipinski definition) is 3. The van der Waals surface area contributed by atoms with Crippen molar-refractivity contribution in [3.8, 4) is 10.6 Å². The molecule has 1 aromatic carbocycles. The summed E-state index contributed by atoms with van der Waals surface area (Å²) >= 11 is 3.65. The van der Waals surface area contributed by atoms with E-state index in [1.165, 1.54) is 6.07 Å². The number of aromatic nitrogens is 2. The van der Waals surface area contributed by atoms with Crippen molar-refractivity contribution in [2.24, 2.45) is 10.9 Å². The largest absolute Gasteiger partial charge is 0.417 e. The number of nitrogens with one attached hydrogen (secondary N) is 1. The highest BCUT2D eigenvalue weighted by atomic mass is 79.9. The summed E-state index contributed by atoms with van der Waals surface area (Å²) in [5.41, 5.74) is 4.36. The highest BCUT2D eigenvalue weighted by Gasteiger charge is 2.37. The zero-order chi connectivity index (χ0) is 22.8. The molecule has 0 aliphatic rings. The summed E-state index contributed by atoms with van der Waals surface area (Å²) in [6.07, 6.45) is -3.57. The molecule has 0 aliphatic carbocycles. The van der Waals surface area contributed by atoms with Crippen LogP contribution in [-0.2, 0) is 12.6 Å². The normalized spacial score (nSPS) is 12.3. The van der Waals surface area contributed by atoms with Gasteiger partial charge in [0.25, 0.3) is 0 Å². The minimum absolute atomic E-state index is 0.00908. The maximum atomic E-state index is 13.9. The summed E-state index contributed by atoms with van der Waals surface area (Å²) < 4.78 is 67.9. The monoisotopic (exact) mass is 521 g/mol. The number of amidine groups is 1. The summed E-state index contributed by atoms with van der Waals surface area (Å²) in [5.74, 6) is -1.83. The number of hydrogen-bond acceptors (Lipinski definition) is 6. The minimum Gasteiger partial charge on any atom is -0.409 e. The number of halogens is 6. The Morgan fingerprint density at radius 3 is 2.45 bits per heavy atom. The third kappa shape index (κ3) is 5.28. The van der Waals surface area contributed by atoms with E-state index < -0.39 is 34.1 Å². The van der Waals surface area contributed by atoms with Gasteiger partial charge in [-0.15, -0.1) is 11.3 Å². The fraction of sp³-hybridized carbons (Fsp3) is 0.167. The van der Waals surface area contributed by atoms with Gasteiger partial charge in [-0.1, -0.05) is 21.1 Å². The standard InChI is InChI=1S/C18H13BrF5N5OS/c19-8-3-11(20)9(12(21)4-8)1-2-26-15-6-13(27-7-28-15)14-5-10(18(22,23)24)16(31-14)17(25)29-30/h3-7,30H,1-2H2,(H2,25,29)(H,26,27,28). The van der Waals surface area contributed by atoms with Crippen LogP contribution in [0, 0.1) is 11.6 Å². The van der Waals surface area contributed by atoms with E-state index >= 15 is 0 Å². The molecule has 0 saturated carbocycles. The summed E-state index contributed by atoms with van der Waals surface area (Å²) in [6, 6.07) is 4.53. The minimum atomic E-state index is -4.72. The maximum Gasteiger partial charge on any atom is 0.417 e. The highest BCUT2D eigenvalue weighted by Crippen LogP contribution is 2.40. The van der Waals surface area contributed by atoms with Crippen molar-refractivity contribution < 1.29 is 27.2 Å². The van der Waals surface area contributed by atoms with Gasteiger partial charge >= 0.3 is 6.18 Å². The first kappa shape index (κ1) is 22.9. The van der Waals surface area contributed by atoms with Gasteiger partial charge in [-0.05, 0) is 24.6 Å². The van der Waals surface area contributed by atoms with Crippen molar-refractivity contribution >= 4 is 38.9 Å². The van der Waals surface area contributed by atoms with Gasteiger partial charge in [0.05, 0.1) is 21.0 Å². The number of nitrogens with two attached hydrogens (primary N) is 1. The van der Waals surface area contributed by atoms with E-state index in [-0.39, 0.29) is 39.4 Å². The van der Waals surface area contributed by atoms with E-state index in [4.69, 9.17) is 10.9 Å². The summed E-state index contributed by atoms with van der Waals surface area (Å²) in [4.78, 5) is 7.59. The first-order chi connectivity index (χ1) is 14.6. The van der Waals surface area contributed by atoms with Crippen molar-refractivity contribution in [2.45, 2.75) is 12.6 Å². The molecule has 0 spiro atoms. The van der Waals surface area contributed by atoms with Crippen LogP contribution in [0.15, 0.2) is 40.2 Å². The lowest BCUT2D eigenvalue weighted by atomic mass is 10.1. The molecule has 31 heavy (non-hydrogen) atoms. The summed E-state index contributed by atoms with van der Waals surface area (Å²) in [7, 11) is 0. The van der Waals surface area contributed by atoms with Gasteiger partial charge in [-0.25, -0.2) is 18.7 Å². The number of nitrogens with zero attached hydrogens (tertiary/aromatic N) is 3. The van der Waals surface area contributed by atoms with Crippen LogP contribution in [0.3, 0.4) is 0 Å². The van der Waals surface area contributed by atoms with Crippen LogP contribution in [0.2, 0.25) is 0 Å². The van der Waals surface area contributed by atoms with E-state index in [1.807, 2.05) is 0 Å². The Balaban J connectivity index is 1.80. The van der Waals surface area contributed by atoms with E-state index in [1.54, 1.807) is 0 Å². The Morgan fingerprint density at radius 1 is 1.16 bits per heavy atom. The van der Waals surface area contributed by atoms with Crippen LogP contribution < -0.4 is 11.1 Å². The van der Waals surface area contributed by atoms with Gasteiger partial charge in [0.15, 0.2) is 5.84 Å². The molecule has 0 saturated heterocycles. The van der Waals surface area contributed by atoms with Crippen molar-refractivity contribution in [1.82, 2.24) is 9.97 Å². The number of anilines is 1. The average molecular weight is 522 g/mol. The predicted molar refractivity (Wildman–Crippen MR) is 109 cm³/mol. The van der Waals surface area contributed by atoms with Crippen LogP contribution in [0.4, 0.5) is 27.8 Å². The topological polar surface area (TPSA) is 96.4 Å². The first-order valence-electron chi connectivity index (χ1n) is 8.48. The number of rotatable bonds is 6. The van der Waals surface area contributed by atoms with Crippen LogP contribution >= 0.6 is 27.3 Å². The third-order valence-corrected chi connectivity index (χ3v) is 5.72. The molecule has 0 radical (unpaired) electrons. The molecule has 164 valence electrons. The molecule has 0 atom stereocenters. The maximum absolute atomic E-state index is 13.9. The molecule has 0 fully saturated rings. The molecule has 3 rings (SSSR count). The summed E-state index contributed by atoms with van der Waals surface area (Å²) in [6.45, 7) is 0.111. The van der Waals surface area contributed by atoms with Crippen LogP contribution in [0.25, 0.3) is 10.6 Å². The molecule has 0 amide bonds. The molecular formula is C18H13BrF5N5OS. The molecule has 4 N–H and O–H groups in total. The summed E-state index contributed by atoms with van der Waals surface area (Å²) in [5, 5.41) is 14.3. The fourth-order valence-electron chi connectivity index (χ4n) is 2.68. The van der Waals surface area contributed by atoms with E-state index in [0.29, 0.717) is 11.3 Å². The van der Waals surface area contributed by atoms with E-state index in [2.05, 4.69) is 36.4 Å². The van der Waals surface area contributed by atoms with Gasteiger partial charge in [0.2, 0.25) is 0 Å². The van der Waals surface area contributed by atoms with Crippen molar-refractivity contribution in [1.29, 1.82) is 0 Å². The van der Waals surface area contributed by atoms with Crippen molar-refractivity contribution in [3.63, 3.8) is 0 Å². The Bertz CT molecular complexity index is 1110. The van der Waals surface area contributed by atoms with Crippen molar-refractivity contribution in [2.75, 3.05) is 11.9 Å². The lowest BCUT2D eigenvalue weighted by molar-refractivity contribution is -0.137. The highest BCUT2D eigenvalue weighted by molar-refractivity contribution is 9.10. The second-order valence-electron chi connectivity index (χ2n) is 6.15. The molecule has 0 unspecified atom stereocenters. The van der Waals surface area contributed by atoms with E-state index in [9.17, 15) is 22.0 Å². The molecular weight excluding hydrogens is 509 g/mol. The van der Waals surface area contributed by atoms with Gasteiger partial charge < -0.3 is 16.3 Å². The lowest BCUT2D eigenvalue weighted by Crippen LogP contribution is -2.17. The Morgan fingerprint density at radius 2 is 1.84 bits per heavy atom. The molecule has 3 aromatic rings. The Kier molecular flexibility index (Phi) is 6.74. The lowest BCUT2D eigenvalue weighted by Gasteiger charge is -2.08. The molecule has 2 aromatic heterocycles. The van der Waals surface area contributed by atoms with Gasteiger partial charge in [0, 0.05) is 22.6 Å². The zero-order valence-corrected chi connectivity index (χ0v) is 17.7. The second-order valence-corrected chi connectivity index (χ2v) is 8.12. The Labute approximate surface area is 184 Å². The van der Waals surface area contributed by atoms with Gasteiger partial charge in [-0.3, -0.25) is 0 Å². The molecule has 6 nitrogen and oxygen atoms in total.